The van der Waals surface area contributed by atoms with E-state index in [9.17, 15) is 9.59 Å². The molecule has 1 saturated carbocycles. The molecule has 2 amide bonds. The standard InChI is InChI=1S/C17H18N2O2/c18-11-5-7-12-6-1-4-10-15(12)19-16(20)13-8-2-3-9-14(13)17(19)21/h1,4,6,10,13-14H,2-3,8-9,11,18H2. The number of benzene rings is 1. The summed E-state index contributed by atoms with van der Waals surface area (Å²) in [5.41, 5.74) is 6.69. The first-order valence-electron chi connectivity index (χ1n) is 7.40. The third-order valence-electron chi connectivity index (χ3n) is 4.31. The van der Waals surface area contributed by atoms with Gasteiger partial charge in [-0.05, 0) is 25.0 Å². The normalized spacial score (nSPS) is 24.5. The maximum Gasteiger partial charge on any atom is 0.237 e. The lowest BCUT2D eigenvalue weighted by molar-refractivity contribution is -0.122. The Balaban J connectivity index is 2.00. The van der Waals surface area contributed by atoms with E-state index in [4.69, 9.17) is 5.73 Å². The van der Waals surface area contributed by atoms with E-state index >= 15 is 0 Å². The number of hydrogen-bond acceptors (Lipinski definition) is 3. The average molecular weight is 282 g/mol. The van der Waals surface area contributed by atoms with Crippen molar-refractivity contribution in [3.8, 4) is 11.8 Å². The third kappa shape index (κ3) is 2.34. The highest BCUT2D eigenvalue weighted by molar-refractivity contribution is 6.22. The molecule has 0 aromatic heterocycles. The van der Waals surface area contributed by atoms with E-state index in [2.05, 4.69) is 11.8 Å². The smallest absolute Gasteiger partial charge is 0.237 e. The van der Waals surface area contributed by atoms with Crippen LogP contribution in [0, 0.1) is 23.7 Å². The molecule has 1 aromatic carbocycles. The van der Waals surface area contributed by atoms with Crippen molar-refractivity contribution >= 4 is 17.5 Å². The van der Waals surface area contributed by atoms with Crippen LogP contribution in [0.5, 0.6) is 0 Å². The van der Waals surface area contributed by atoms with E-state index < -0.39 is 0 Å². The average Bonchev–Trinajstić information content (AvgIpc) is 2.78. The summed E-state index contributed by atoms with van der Waals surface area (Å²) in [4.78, 5) is 26.6. The van der Waals surface area contributed by atoms with E-state index in [1.165, 1.54) is 4.90 Å². The van der Waals surface area contributed by atoms with Gasteiger partial charge in [0.25, 0.3) is 0 Å². The highest BCUT2D eigenvalue weighted by Gasteiger charge is 2.49. The van der Waals surface area contributed by atoms with Crippen LogP contribution in [0.25, 0.3) is 0 Å². The number of hydrogen-bond donors (Lipinski definition) is 1. The number of para-hydroxylation sites is 1. The van der Waals surface area contributed by atoms with Gasteiger partial charge < -0.3 is 5.73 Å². The van der Waals surface area contributed by atoms with E-state index in [1.54, 1.807) is 6.07 Å². The van der Waals surface area contributed by atoms with Gasteiger partial charge in [-0.25, -0.2) is 4.90 Å². The summed E-state index contributed by atoms with van der Waals surface area (Å²) in [6, 6.07) is 7.28. The molecule has 1 heterocycles. The summed E-state index contributed by atoms with van der Waals surface area (Å²) in [6.07, 6.45) is 3.70. The molecule has 2 aliphatic rings. The van der Waals surface area contributed by atoms with Crippen LogP contribution < -0.4 is 10.6 Å². The minimum Gasteiger partial charge on any atom is -0.320 e. The number of nitrogens with zero attached hydrogens (tertiary/aromatic N) is 1. The molecule has 2 N–H and O–H groups in total. The molecule has 0 bridgehead atoms. The van der Waals surface area contributed by atoms with Crippen LogP contribution in [-0.2, 0) is 9.59 Å². The van der Waals surface area contributed by atoms with Gasteiger partial charge in [-0.2, -0.15) is 0 Å². The second-order valence-electron chi connectivity index (χ2n) is 5.53. The summed E-state index contributed by atoms with van der Waals surface area (Å²) in [7, 11) is 0. The molecule has 1 aliphatic carbocycles. The summed E-state index contributed by atoms with van der Waals surface area (Å²) in [5, 5.41) is 0. The zero-order valence-corrected chi connectivity index (χ0v) is 11.8. The highest BCUT2D eigenvalue weighted by Crippen LogP contribution is 2.40. The van der Waals surface area contributed by atoms with Crippen molar-refractivity contribution < 1.29 is 9.59 Å². The molecule has 2 atom stereocenters. The van der Waals surface area contributed by atoms with Gasteiger partial charge >= 0.3 is 0 Å². The topological polar surface area (TPSA) is 63.4 Å². The van der Waals surface area contributed by atoms with Crippen molar-refractivity contribution in [3.63, 3.8) is 0 Å². The zero-order valence-electron chi connectivity index (χ0n) is 11.8. The van der Waals surface area contributed by atoms with Crippen molar-refractivity contribution in [2.24, 2.45) is 17.6 Å². The number of imide groups is 1. The van der Waals surface area contributed by atoms with Crippen LogP contribution in [0.15, 0.2) is 24.3 Å². The third-order valence-corrected chi connectivity index (χ3v) is 4.31. The minimum atomic E-state index is -0.137. The predicted molar refractivity (Wildman–Crippen MR) is 80.3 cm³/mol. The van der Waals surface area contributed by atoms with Crippen LogP contribution in [0.2, 0.25) is 0 Å². The molecular formula is C17H18N2O2. The molecule has 0 radical (unpaired) electrons. The fraction of sp³-hybridized carbons (Fsp3) is 0.412. The summed E-state index contributed by atoms with van der Waals surface area (Å²) < 4.78 is 0. The predicted octanol–water partition coefficient (Wildman–Crippen LogP) is 1.68. The lowest BCUT2D eigenvalue weighted by Crippen LogP contribution is -2.31. The number of nitrogens with two attached hydrogens (primary N) is 1. The van der Waals surface area contributed by atoms with Gasteiger partial charge in [-0.15, -0.1) is 0 Å². The molecule has 4 heteroatoms. The summed E-state index contributed by atoms with van der Waals surface area (Å²) in [6.45, 7) is 0.251. The molecule has 21 heavy (non-hydrogen) atoms. The fourth-order valence-corrected chi connectivity index (χ4v) is 3.32. The molecule has 108 valence electrons. The van der Waals surface area contributed by atoms with Crippen molar-refractivity contribution in [2.45, 2.75) is 25.7 Å². The Labute approximate surface area is 124 Å². The molecular weight excluding hydrogens is 264 g/mol. The maximum absolute atomic E-state index is 12.6. The van der Waals surface area contributed by atoms with Crippen LogP contribution in [0.1, 0.15) is 31.2 Å². The first-order chi connectivity index (χ1) is 10.2. The molecule has 4 nitrogen and oxygen atoms in total. The largest absolute Gasteiger partial charge is 0.320 e. The Morgan fingerprint density at radius 1 is 1.10 bits per heavy atom. The Kier molecular flexibility index (Phi) is 3.76. The molecule has 3 rings (SSSR count). The van der Waals surface area contributed by atoms with Crippen molar-refractivity contribution in [1.29, 1.82) is 0 Å². The van der Waals surface area contributed by atoms with Gasteiger partial charge in [0.2, 0.25) is 11.8 Å². The Morgan fingerprint density at radius 2 is 1.71 bits per heavy atom. The molecule has 1 aromatic rings. The number of rotatable bonds is 1. The van der Waals surface area contributed by atoms with Crippen molar-refractivity contribution in [3.05, 3.63) is 29.8 Å². The van der Waals surface area contributed by atoms with E-state index in [0.29, 0.717) is 11.3 Å². The van der Waals surface area contributed by atoms with Gasteiger partial charge in [0.1, 0.15) is 0 Å². The van der Waals surface area contributed by atoms with Crippen LogP contribution in [0.4, 0.5) is 5.69 Å². The molecule has 1 aliphatic heterocycles. The summed E-state index contributed by atoms with van der Waals surface area (Å²) in [5.74, 6) is 5.34. The van der Waals surface area contributed by atoms with Gasteiger partial charge in [0.05, 0.1) is 24.1 Å². The lowest BCUT2D eigenvalue weighted by Gasteiger charge is -2.19. The number of carbonyl (C=O) groups excluding carboxylic acids is 2. The van der Waals surface area contributed by atoms with E-state index in [-0.39, 0.29) is 30.2 Å². The molecule has 0 spiro atoms. The Morgan fingerprint density at radius 3 is 2.33 bits per heavy atom. The number of fused-ring (bicyclic) bond motifs is 1. The summed E-state index contributed by atoms with van der Waals surface area (Å²) >= 11 is 0. The SMILES string of the molecule is NCC#Cc1ccccc1N1C(=O)C2CCCCC2C1=O. The molecule has 1 saturated heterocycles. The monoisotopic (exact) mass is 282 g/mol. The van der Waals surface area contributed by atoms with Gasteiger partial charge in [-0.1, -0.05) is 36.8 Å². The molecule has 2 unspecified atom stereocenters. The Bertz CT molecular complexity index is 618. The minimum absolute atomic E-state index is 0.0632. The van der Waals surface area contributed by atoms with Crippen LogP contribution in [0.3, 0.4) is 0 Å². The van der Waals surface area contributed by atoms with Crippen molar-refractivity contribution in [2.75, 3.05) is 11.4 Å². The highest BCUT2D eigenvalue weighted by atomic mass is 16.2. The molecule has 2 fully saturated rings. The zero-order chi connectivity index (χ0) is 14.8. The first-order valence-corrected chi connectivity index (χ1v) is 7.40. The first kappa shape index (κ1) is 13.8. The van der Waals surface area contributed by atoms with Crippen LogP contribution in [-0.4, -0.2) is 18.4 Å². The quantitative estimate of drug-likeness (QED) is 0.629. The maximum atomic E-state index is 12.6. The van der Waals surface area contributed by atoms with Gasteiger partial charge in [0, 0.05) is 5.56 Å². The second-order valence-corrected chi connectivity index (χ2v) is 5.53. The van der Waals surface area contributed by atoms with Crippen molar-refractivity contribution in [1.82, 2.24) is 0 Å². The fourth-order valence-electron chi connectivity index (χ4n) is 3.32. The van der Waals surface area contributed by atoms with Gasteiger partial charge in [-0.3, -0.25) is 9.59 Å². The van der Waals surface area contributed by atoms with Crippen LogP contribution >= 0.6 is 0 Å². The lowest BCUT2D eigenvalue weighted by atomic mass is 9.81. The second kappa shape index (κ2) is 5.71. The Hall–Kier alpha value is -2.12. The number of anilines is 1. The van der Waals surface area contributed by atoms with Gasteiger partial charge in [0.15, 0.2) is 0 Å². The van der Waals surface area contributed by atoms with E-state index in [0.717, 1.165) is 25.7 Å². The number of carbonyl (C=O) groups is 2. The van der Waals surface area contributed by atoms with E-state index in [1.807, 2.05) is 18.2 Å². The number of amides is 2.